The van der Waals surface area contributed by atoms with Crippen molar-refractivity contribution in [3.63, 3.8) is 0 Å². The Morgan fingerprint density at radius 2 is 1.64 bits per heavy atom. The van der Waals surface area contributed by atoms with Gasteiger partial charge in [-0.1, -0.05) is 23.1 Å². The fraction of sp³-hybridized carbons (Fsp3) is 0.444. The van der Waals surface area contributed by atoms with Gasteiger partial charge in [-0.2, -0.15) is 0 Å². The van der Waals surface area contributed by atoms with Crippen molar-refractivity contribution in [3.05, 3.63) is 34.9 Å². The molecule has 0 saturated carbocycles. The molecule has 3 amide bonds. The zero-order chi connectivity index (χ0) is 27.8. The molecule has 0 aliphatic carbocycles. The minimum absolute atomic E-state index is 0.0256. The zero-order valence-electron chi connectivity index (χ0n) is 21.8. The van der Waals surface area contributed by atoms with Crippen LogP contribution in [-0.2, 0) is 22.6 Å². The molecule has 2 saturated heterocycles. The Kier molecular flexibility index (Phi) is 7.67. The number of nitrogens with one attached hydrogen (secondary N) is 1. The molecule has 2 aromatic carbocycles. The van der Waals surface area contributed by atoms with E-state index < -0.39 is 11.9 Å². The molecule has 0 bridgehead atoms. The Balaban J connectivity index is 1.13. The van der Waals surface area contributed by atoms with Crippen LogP contribution >= 0.6 is 0 Å². The van der Waals surface area contributed by atoms with Crippen molar-refractivity contribution in [3.8, 4) is 11.5 Å². The molecule has 2 fully saturated rings. The maximum absolute atomic E-state index is 13.0. The number of unbranched alkanes of at least 4 members (excludes halogenated alkanes) is 1. The number of hydrogen-bond donors (Lipinski definition) is 3. The predicted octanol–water partition coefficient (Wildman–Crippen LogP) is -1.61. The Hall–Kier alpha value is -3.40. The van der Waals surface area contributed by atoms with Gasteiger partial charge in [0.05, 0.1) is 5.69 Å². The van der Waals surface area contributed by atoms with Crippen molar-refractivity contribution in [2.45, 2.75) is 44.7 Å². The van der Waals surface area contributed by atoms with Crippen LogP contribution in [0.1, 0.15) is 47.2 Å². The SMILES string of the molecule is [B]c1c([B])c(O)c(N2CCN(CCCCc3cccc4c3CN(C3CCC(=O)NC3=O)C4=O)CC2)c([B])c1O. The topological polar surface area (TPSA) is 113 Å². The number of aromatic hydroxyl groups is 2. The van der Waals surface area contributed by atoms with E-state index >= 15 is 0 Å². The standard InChI is InChI=1S/C27H29B3N4O5/c28-20-21(29)25(37)23(22(30)24(20)36)33-12-10-32(11-13-33)9-2-1-4-15-5-3-6-16-17(15)14-34(27(16)39)18-7-8-19(35)31-26(18)38/h3,5-6,18,36-37H,1-2,4,7-14H2,(H,31,35,38). The van der Waals surface area contributed by atoms with E-state index in [1.807, 2.05) is 23.1 Å². The van der Waals surface area contributed by atoms with Crippen LogP contribution in [0.2, 0.25) is 0 Å². The highest BCUT2D eigenvalue weighted by Crippen LogP contribution is 2.31. The Bertz CT molecular complexity index is 1300. The van der Waals surface area contributed by atoms with Crippen molar-refractivity contribution in [2.75, 3.05) is 37.6 Å². The molecule has 3 aliphatic rings. The maximum atomic E-state index is 13.0. The summed E-state index contributed by atoms with van der Waals surface area (Å²) in [6.45, 7) is 4.05. The number of phenolic OH excluding ortho intramolecular Hbond substituents is 2. The monoisotopic (exact) mass is 522 g/mol. The molecular weight excluding hydrogens is 493 g/mol. The molecule has 3 aliphatic heterocycles. The molecule has 2 aromatic rings. The summed E-state index contributed by atoms with van der Waals surface area (Å²) in [5, 5.41) is 23.0. The molecular formula is C27H29B3N4O5. The van der Waals surface area contributed by atoms with Crippen molar-refractivity contribution >= 4 is 63.3 Å². The van der Waals surface area contributed by atoms with Crippen LogP contribution in [0.4, 0.5) is 5.69 Å². The van der Waals surface area contributed by atoms with Gasteiger partial charge in [-0.25, -0.2) is 0 Å². The number of piperidine rings is 1. The molecule has 0 spiro atoms. The second-order valence-electron chi connectivity index (χ2n) is 10.4. The Morgan fingerprint density at radius 1 is 0.923 bits per heavy atom. The lowest BCUT2D eigenvalue weighted by Gasteiger charge is -2.38. The minimum Gasteiger partial charge on any atom is -0.509 e. The van der Waals surface area contributed by atoms with Crippen molar-refractivity contribution < 1.29 is 24.6 Å². The summed E-state index contributed by atoms with van der Waals surface area (Å²) >= 11 is 0. The van der Waals surface area contributed by atoms with E-state index in [2.05, 4.69) is 10.2 Å². The van der Waals surface area contributed by atoms with Crippen molar-refractivity contribution in [2.24, 2.45) is 0 Å². The van der Waals surface area contributed by atoms with Crippen molar-refractivity contribution in [1.82, 2.24) is 15.1 Å². The van der Waals surface area contributed by atoms with E-state index in [4.69, 9.17) is 23.5 Å². The molecule has 5 rings (SSSR count). The molecule has 196 valence electrons. The van der Waals surface area contributed by atoms with Gasteiger partial charge in [-0.3, -0.25) is 24.6 Å². The van der Waals surface area contributed by atoms with Crippen LogP contribution in [0.3, 0.4) is 0 Å². The number of anilines is 1. The van der Waals surface area contributed by atoms with Gasteiger partial charge in [0.1, 0.15) is 41.1 Å². The molecule has 9 nitrogen and oxygen atoms in total. The number of benzene rings is 2. The summed E-state index contributed by atoms with van der Waals surface area (Å²) in [5.74, 6) is -1.36. The highest BCUT2D eigenvalue weighted by Gasteiger charge is 2.39. The molecule has 1 unspecified atom stereocenters. The summed E-state index contributed by atoms with van der Waals surface area (Å²) in [4.78, 5) is 42.7. The van der Waals surface area contributed by atoms with E-state index in [1.165, 1.54) is 0 Å². The Morgan fingerprint density at radius 3 is 2.36 bits per heavy atom. The lowest BCUT2D eigenvalue weighted by atomic mass is 9.74. The number of piperazine rings is 1. The summed E-state index contributed by atoms with van der Waals surface area (Å²) in [5.41, 5.74) is 2.88. The van der Waals surface area contributed by atoms with Gasteiger partial charge in [0.2, 0.25) is 11.8 Å². The van der Waals surface area contributed by atoms with Crippen LogP contribution in [0, 0.1) is 0 Å². The second kappa shape index (κ2) is 11.0. The lowest BCUT2D eigenvalue weighted by molar-refractivity contribution is -0.136. The van der Waals surface area contributed by atoms with E-state index in [-0.39, 0.29) is 46.1 Å². The fourth-order valence-corrected chi connectivity index (χ4v) is 5.82. The first-order valence-electron chi connectivity index (χ1n) is 13.3. The first kappa shape index (κ1) is 27.2. The average molecular weight is 522 g/mol. The van der Waals surface area contributed by atoms with Crippen LogP contribution in [-0.4, -0.2) is 100 Å². The first-order valence-corrected chi connectivity index (χ1v) is 13.3. The minimum atomic E-state index is -0.611. The van der Waals surface area contributed by atoms with Gasteiger partial charge in [0.25, 0.3) is 5.91 Å². The molecule has 12 heteroatoms. The van der Waals surface area contributed by atoms with Gasteiger partial charge in [-0.15, -0.1) is 0 Å². The van der Waals surface area contributed by atoms with Gasteiger partial charge in [0.15, 0.2) is 0 Å². The molecule has 6 radical (unpaired) electrons. The third-order valence-corrected chi connectivity index (χ3v) is 8.07. The molecule has 39 heavy (non-hydrogen) atoms. The van der Waals surface area contributed by atoms with Crippen LogP contribution < -0.4 is 26.6 Å². The predicted molar refractivity (Wildman–Crippen MR) is 150 cm³/mol. The fourth-order valence-electron chi connectivity index (χ4n) is 5.82. The van der Waals surface area contributed by atoms with Crippen LogP contribution in [0.25, 0.3) is 0 Å². The summed E-state index contributed by atoms with van der Waals surface area (Å²) in [7, 11) is 17.6. The number of amides is 3. The number of phenols is 2. The molecule has 3 N–H and O–H groups in total. The zero-order valence-corrected chi connectivity index (χ0v) is 21.8. The highest BCUT2D eigenvalue weighted by atomic mass is 16.3. The average Bonchev–Trinajstić information content (AvgIpc) is 3.26. The van der Waals surface area contributed by atoms with Crippen molar-refractivity contribution in [1.29, 1.82) is 0 Å². The number of fused-ring (bicyclic) bond motifs is 1. The quantitative estimate of drug-likeness (QED) is 0.174. The Labute approximate surface area is 231 Å². The largest absolute Gasteiger partial charge is 0.509 e. The van der Waals surface area contributed by atoms with E-state index in [1.54, 1.807) is 4.90 Å². The maximum Gasteiger partial charge on any atom is 0.255 e. The summed E-state index contributed by atoms with van der Waals surface area (Å²) in [6, 6.07) is 5.14. The smallest absolute Gasteiger partial charge is 0.255 e. The van der Waals surface area contributed by atoms with E-state index in [9.17, 15) is 24.6 Å². The number of hydrogen-bond acceptors (Lipinski definition) is 7. The normalized spacial score (nSPS) is 19.9. The number of nitrogens with zero attached hydrogens (tertiary/aromatic N) is 3. The molecule has 3 heterocycles. The van der Waals surface area contributed by atoms with Gasteiger partial charge in [0, 0.05) is 44.7 Å². The number of carbonyl (C=O) groups is 3. The first-order chi connectivity index (χ1) is 18.7. The summed E-state index contributed by atoms with van der Waals surface area (Å²) in [6.07, 6.45) is 3.33. The van der Waals surface area contributed by atoms with E-state index in [0.717, 1.165) is 50.0 Å². The van der Waals surface area contributed by atoms with E-state index in [0.29, 0.717) is 37.3 Å². The number of imide groups is 1. The van der Waals surface area contributed by atoms with Gasteiger partial charge in [-0.05, 0) is 54.9 Å². The third kappa shape index (κ3) is 5.14. The number of carbonyl (C=O) groups excluding carboxylic acids is 3. The second-order valence-corrected chi connectivity index (χ2v) is 10.4. The number of rotatable bonds is 7. The summed E-state index contributed by atoms with van der Waals surface area (Å²) < 4.78 is 0. The number of aryl methyl sites for hydroxylation is 1. The molecule has 1 atom stereocenters. The third-order valence-electron chi connectivity index (χ3n) is 8.07. The van der Waals surface area contributed by atoms with Gasteiger partial charge < -0.3 is 20.0 Å². The molecule has 0 aromatic heterocycles. The highest BCUT2D eigenvalue weighted by molar-refractivity contribution is 6.54. The van der Waals surface area contributed by atoms with Gasteiger partial charge >= 0.3 is 0 Å². The van der Waals surface area contributed by atoms with Crippen LogP contribution in [0.15, 0.2) is 18.2 Å². The lowest BCUT2D eigenvalue weighted by Crippen LogP contribution is -2.52. The van der Waals surface area contributed by atoms with Crippen LogP contribution in [0.5, 0.6) is 11.5 Å².